The molecule has 0 bridgehead atoms. The van der Waals surface area contributed by atoms with Gasteiger partial charge in [0.25, 0.3) is 17.4 Å². The van der Waals surface area contributed by atoms with E-state index in [2.05, 4.69) is 15.3 Å². The first-order chi connectivity index (χ1) is 12.4. The Bertz CT molecular complexity index is 1140. The van der Waals surface area contributed by atoms with Gasteiger partial charge in [-0.05, 0) is 26.0 Å². The summed E-state index contributed by atoms with van der Waals surface area (Å²) in [5.41, 5.74) is 8.68. The summed E-state index contributed by atoms with van der Waals surface area (Å²) in [5, 5.41) is 2.15. The van der Waals surface area contributed by atoms with E-state index in [4.69, 9.17) is 5.73 Å². The summed E-state index contributed by atoms with van der Waals surface area (Å²) >= 11 is 0. The van der Waals surface area contributed by atoms with E-state index < -0.39 is 17.4 Å². The Balaban J connectivity index is 1.91. The summed E-state index contributed by atoms with van der Waals surface area (Å²) in [6, 6.07) is 8.19. The normalized spacial score (nSPS) is 13.0. The number of anilines is 1. The molecule has 0 saturated heterocycles. The number of H-pyrrole nitrogens is 1. The number of amides is 2. The first-order valence-electron chi connectivity index (χ1n) is 7.92. The van der Waals surface area contributed by atoms with Crippen molar-refractivity contribution in [1.82, 2.24) is 19.9 Å². The second kappa shape index (κ2) is 5.41. The summed E-state index contributed by atoms with van der Waals surface area (Å²) < 4.78 is 1.21. The van der Waals surface area contributed by atoms with Gasteiger partial charge in [0.1, 0.15) is 11.6 Å². The monoisotopic (exact) mass is 349 g/mol. The number of hydrogen-bond acceptors (Lipinski definition) is 5. The lowest BCUT2D eigenvalue weighted by Crippen LogP contribution is -2.24. The highest BCUT2D eigenvalue weighted by atomic mass is 16.2. The van der Waals surface area contributed by atoms with Crippen molar-refractivity contribution < 1.29 is 9.59 Å². The maximum Gasteiger partial charge on any atom is 0.262 e. The van der Waals surface area contributed by atoms with Crippen LogP contribution in [0.3, 0.4) is 0 Å². The summed E-state index contributed by atoms with van der Waals surface area (Å²) in [6.45, 7) is 3.83. The van der Waals surface area contributed by atoms with E-state index in [1.165, 1.54) is 4.57 Å². The molecule has 3 aromatic rings. The molecule has 0 aliphatic carbocycles. The zero-order valence-electron chi connectivity index (χ0n) is 14.1. The molecule has 8 heteroatoms. The second-order valence-corrected chi connectivity index (χ2v) is 6.12. The number of benzene rings is 1. The van der Waals surface area contributed by atoms with Crippen LogP contribution in [0.1, 0.15) is 32.1 Å². The number of rotatable bonds is 2. The molecule has 26 heavy (non-hydrogen) atoms. The SMILES string of the molecule is Cc1nc(-c2cccc(-n3c(N)c4c(cc3=O)C(=O)NC4=O)c2)[nH]c1C. The number of aromatic amines is 1. The van der Waals surface area contributed by atoms with Gasteiger partial charge in [-0.1, -0.05) is 12.1 Å². The molecule has 4 N–H and O–H groups in total. The minimum absolute atomic E-state index is 0.00203. The molecule has 1 aromatic carbocycles. The first kappa shape index (κ1) is 15.8. The molecule has 3 heterocycles. The van der Waals surface area contributed by atoms with Gasteiger partial charge >= 0.3 is 0 Å². The fraction of sp³-hybridized carbons (Fsp3) is 0.111. The maximum atomic E-state index is 12.5. The van der Waals surface area contributed by atoms with Crippen LogP contribution < -0.4 is 16.6 Å². The van der Waals surface area contributed by atoms with Gasteiger partial charge in [-0.15, -0.1) is 0 Å². The number of aromatic nitrogens is 3. The van der Waals surface area contributed by atoms with Gasteiger partial charge in [-0.3, -0.25) is 24.3 Å². The van der Waals surface area contributed by atoms with Crippen molar-refractivity contribution in [2.24, 2.45) is 0 Å². The highest BCUT2D eigenvalue weighted by molar-refractivity contribution is 6.23. The fourth-order valence-electron chi connectivity index (χ4n) is 3.02. The zero-order valence-corrected chi connectivity index (χ0v) is 14.1. The lowest BCUT2D eigenvalue weighted by atomic mass is 10.1. The Hall–Kier alpha value is -3.68. The van der Waals surface area contributed by atoms with E-state index in [-0.39, 0.29) is 16.9 Å². The molecule has 0 spiro atoms. The number of nitrogen functional groups attached to an aromatic ring is 1. The van der Waals surface area contributed by atoms with Gasteiger partial charge in [0.15, 0.2) is 0 Å². The van der Waals surface area contributed by atoms with Gasteiger partial charge in [-0.25, -0.2) is 4.98 Å². The third-order valence-corrected chi connectivity index (χ3v) is 4.46. The number of pyridine rings is 1. The minimum Gasteiger partial charge on any atom is -0.384 e. The Morgan fingerprint density at radius 2 is 1.85 bits per heavy atom. The van der Waals surface area contributed by atoms with Crippen molar-refractivity contribution in [2.75, 3.05) is 5.73 Å². The molecule has 1 aliphatic heterocycles. The predicted octanol–water partition coefficient (Wildman–Crippen LogP) is 1.31. The zero-order chi connectivity index (χ0) is 18.6. The highest BCUT2D eigenvalue weighted by Crippen LogP contribution is 2.25. The topological polar surface area (TPSA) is 123 Å². The van der Waals surface area contributed by atoms with Gasteiger partial charge in [0.2, 0.25) is 0 Å². The molecule has 0 fully saturated rings. The molecule has 8 nitrogen and oxygen atoms in total. The van der Waals surface area contributed by atoms with E-state index >= 15 is 0 Å². The lowest BCUT2D eigenvalue weighted by Gasteiger charge is -2.12. The van der Waals surface area contributed by atoms with Gasteiger partial charge in [0.05, 0.1) is 22.5 Å². The standard InChI is InChI=1S/C18H15N5O3/c1-8-9(2)21-16(20-8)10-4-3-5-11(6-10)23-13(24)7-12-14(15(23)19)18(26)22-17(12)25/h3-7H,19H2,1-2H3,(H,20,21)(H,22,25,26). The number of fused-ring (bicyclic) bond motifs is 1. The third-order valence-electron chi connectivity index (χ3n) is 4.46. The van der Waals surface area contributed by atoms with Crippen molar-refractivity contribution in [3.63, 3.8) is 0 Å². The molecule has 130 valence electrons. The molecular weight excluding hydrogens is 334 g/mol. The molecule has 0 radical (unpaired) electrons. The Morgan fingerprint density at radius 1 is 1.08 bits per heavy atom. The molecule has 2 amide bonds. The molecule has 0 saturated carbocycles. The molecule has 0 unspecified atom stereocenters. The molecular formula is C18H15N5O3. The van der Waals surface area contributed by atoms with Gasteiger partial charge in [0, 0.05) is 17.3 Å². The summed E-state index contributed by atoms with van der Waals surface area (Å²) in [4.78, 5) is 43.9. The van der Waals surface area contributed by atoms with Crippen LogP contribution in [0.25, 0.3) is 17.1 Å². The van der Waals surface area contributed by atoms with Crippen molar-refractivity contribution in [2.45, 2.75) is 13.8 Å². The lowest BCUT2D eigenvalue weighted by molar-refractivity contribution is 0.0880. The summed E-state index contributed by atoms with van der Waals surface area (Å²) in [5.74, 6) is -0.622. The number of nitrogens with two attached hydrogens (primary N) is 1. The van der Waals surface area contributed by atoms with E-state index in [9.17, 15) is 14.4 Å². The summed E-state index contributed by atoms with van der Waals surface area (Å²) in [6.07, 6.45) is 0. The Labute approximate surface area is 147 Å². The average Bonchev–Trinajstić information content (AvgIpc) is 3.07. The van der Waals surface area contributed by atoms with Crippen molar-refractivity contribution in [3.8, 4) is 17.1 Å². The maximum absolute atomic E-state index is 12.5. The van der Waals surface area contributed by atoms with Crippen LogP contribution >= 0.6 is 0 Å². The number of carbonyl (C=O) groups excluding carboxylic acids is 2. The number of imide groups is 1. The highest BCUT2D eigenvalue weighted by Gasteiger charge is 2.31. The minimum atomic E-state index is -0.615. The number of aryl methyl sites for hydroxylation is 2. The van der Waals surface area contributed by atoms with Crippen molar-refractivity contribution >= 4 is 17.6 Å². The van der Waals surface area contributed by atoms with E-state index in [1.54, 1.807) is 18.2 Å². The smallest absolute Gasteiger partial charge is 0.262 e. The third kappa shape index (κ3) is 2.23. The van der Waals surface area contributed by atoms with Crippen LogP contribution in [0.4, 0.5) is 5.82 Å². The largest absolute Gasteiger partial charge is 0.384 e. The van der Waals surface area contributed by atoms with Gasteiger partial charge in [-0.2, -0.15) is 0 Å². The fourth-order valence-corrected chi connectivity index (χ4v) is 3.02. The van der Waals surface area contributed by atoms with E-state index in [1.807, 2.05) is 19.9 Å². The van der Waals surface area contributed by atoms with Crippen molar-refractivity contribution in [3.05, 3.63) is 63.2 Å². The number of hydrogen-bond donors (Lipinski definition) is 3. The predicted molar refractivity (Wildman–Crippen MR) is 95.3 cm³/mol. The molecule has 4 rings (SSSR count). The Kier molecular flexibility index (Phi) is 3.30. The number of imidazole rings is 1. The van der Waals surface area contributed by atoms with Crippen LogP contribution in [0.2, 0.25) is 0 Å². The molecule has 2 aromatic heterocycles. The van der Waals surface area contributed by atoms with Crippen LogP contribution in [-0.2, 0) is 0 Å². The van der Waals surface area contributed by atoms with Crippen LogP contribution in [0, 0.1) is 13.8 Å². The quantitative estimate of drug-likeness (QED) is 0.602. The van der Waals surface area contributed by atoms with Gasteiger partial charge < -0.3 is 10.7 Å². The summed E-state index contributed by atoms with van der Waals surface area (Å²) in [7, 11) is 0. The number of carbonyl (C=O) groups is 2. The number of nitrogens with zero attached hydrogens (tertiary/aromatic N) is 2. The number of nitrogens with one attached hydrogen (secondary N) is 2. The second-order valence-electron chi connectivity index (χ2n) is 6.12. The molecule has 1 aliphatic rings. The average molecular weight is 349 g/mol. The van der Waals surface area contributed by atoms with E-state index in [0.717, 1.165) is 23.0 Å². The molecule has 0 atom stereocenters. The first-order valence-corrected chi connectivity index (χ1v) is 7.92. The van der Waals surface area contributed by atoms with Crippen LogP contribution in [-0.4, -0.2) is 26.3 Å². The van der Waals surface area contributed by atoms with Crippen molar-refractivity contribution in [1.29, 1.82) is 0 Å². The Morgan fingerprint density at radius 3 is 2.54 bits per heavy atom. The van der Waals surface area contributed by atoms with Crippen LogP contribution in [0.5, 0.6) is 0 Å². The van der Waals surface area contributed by atoms with Crippen LogP contribution in [0.15, 0.2) is 35.1 Å². The van der Waals surface area contributed by atoms with E-state index in [0.29, 0.717) is 11.5 Å².